The molecule has 1 radical (unpaired) electrons. The van der Waals surface area contributed by atoms with E-state index in [0.717, 1.165) is 0 Å². The van der Waals surface area contributed by atoms with E-state index in [0.29, 0.717) is 11.8 Å². The first kappa shape index (κ1) is 9.93. The summed E-state index contributed by atoms with van der Waals surface area (Å²) in [6, 6.07) is 0. The van der Waals surface area contributed by atoms with E-state index in [1.165, 1.54) is 0 Å². The van der Waals surface area contributed by atoms with Crippen LogP contribution in [-0.2, 0) is 26.2 Å². The van der Waals surface area contributed by atoms with Crippen LogP contribution in [0.5, 0.6) is 0 Å². The molecule has 0 N–H and O–H groups in total. The Balaban J connectivity index is 0.000000720. The van der Waals surface area contributed by atoms with Gasteiger partial charge < -0.3 is 0 Å². The van der Waals surface area contributed by atoms with Crippen LogP contribution < -0.4 is 0 Å². The minimum absolute atomic E-state index is 0. The van der Waals surface area contributed by atoms with E-state index in [1.807, 2.05) is 0 Å². The maximum Gasteiger partial charge on any atom is 0 e. The van der Waals surface area contributed by atoms with Gasteiger partial charge in [-0.25, -0.2) is 0 Å². The summed E-state index contributed by atoms with van der Waals surface area (Å²) in [7, 11) is 0. The topological polar surface area (TPSA) is 0 Å². The fourth-order valence-corrected chi connectivity index (χ4v) is 1.41. The molecule has 0 heterocycles. The largest absolute Gasteiger partial charge is 0.0773 e. The number of hydrogen-bond donors (Lipinski definition) is 0. The number of hydrogen-bond acceptors (Lipinski definition) is 0. The van der Waals surface area contributed by atoms with Crippen molar-refractivity contribution < 1.29 is 26.2 Å². The molecule has 2 aliphatic carbocycles. The van der Waals surface area contributed by atoms with Crippen molar-refractivity contribution in [2.45, 2.75) is 0 Å². The molecule has 0 aromatic carbocycles. The molecule has 0 aliphatic heterocycles. The molecule has 2 rings (SSSR count). The van der Waals surface area contributed by atoms with E-state index in [9.17, 15) is 0 Å². The van der Waals surface area contributed by atoms with Gasteiger partial charge in [-0.05, 0) is 18.3 Å². The van der Waals surface area contributed by atoms with Gasteiger partial charge in [0.15, 0.2) is 0 Å². The molecular formula is C11H11Zr. The molecule has 0 amide bonds. The summed E-state index contributed by atoms with van der Waals surface area (Å²) < 4.78 is 0. The molecule has 0 saturated carbocycles. The van der Waals surface area contributed by atoms with Crippen LogP contribution in [-0.4, -0.2) is 0 Å². The van der Waals surface area contributed by atoms with Crippen molar-refractivity contribution in [3.8, 4) is 0 Å². The second kappa shape index (κ2) is 4.77. The summed E-state index contributed by atoms with van der Waals surface area (Å²) in [4.78, 5) is 0. The number of rotatable bonds is 2. The van der Waals surface area contributed by atoms with Gasteiger partial charge in [-0.2, -0.15) is 0 Å². The Hall–Kier alpha value is -0.157. The Morgan fingerprint density at radius 2 is 1.00 bits per heavy atom. The quantitative estimate of drug-likeness (QED) is 0.689. The van der Waals surface area contributed by atoms with Crippen molar-refractivity contribution in [1.29, 1.82) is 0 Å². The molecule has 0 nitrogen and oxygen atoms in total. The second-order valence-electron chi connectivity index (χ2n) is 2.89. The second-order valence-corrected chi connectivity index (χ2v) is 2.89. The van der Waals surface area contributed by atoms with Crippen molar-refractivity contribution >= 4 is 0 Å². The Bertz CT molecular complexity index is 196. The molecular weight excluding hydrogens is 223 g/mol. The fraction of sp³-hybridized carbons (Fsp3) is 0.182. The van der Waals surface area contributed by atoms with Gasteiger partial charge in [0.25, 0.3) is 0 Å². The van der Waals surface area contributed by atoms with Crippen LogP contribution in [0.15, 0.2) is 48.6 Å². The van der Waals surface area contributed by atoms with Crippen LogP contribution in [0, 0.1) is 18.3 Å². The molecule has 0 unspecified atom stereocenters. The summed E-state index contributed by atoms with van der Waals surface area (Å²) in [5.41, 5.74) is 0. The molecule has 12 heavy (non-hydrogen) atoms. The van der Waals surface area contributed by atoms with Crippen molar-refractivity contribution in [2.75, 3.05) is 0 Å². The zero-order chi connectivity index (χ0) is 7.52. The average Bonchev–Trinajstić information content (AvgIpc) is 2.60. The van der Waals surface area contributed by atoms with Gasteiger partial charge in [-0.15, -0.1) is 0 Å². The van der Waals surface area contributed by atoms with Crippen LogP contribution in [0.4, 0.5) is 0 Å². The first-order valence-electron chi connectivity index (χ1n) is 4.00. The van der Waals surface area contributed by atoms with Crippen molar-refractivity contribution in [3.63, 3.8) is 0 Å². The third kappa shape index (κ3) is 2.42. The fourth-order valence-electron chi connectivity index (χ4n) is 1.41. The van der Waals surface area contributed by atoms with E-state index >= 15 is 0 Å². The van der Waals surface area contributed by atoms with E-state index < -0.39 is 0 Å². The van der Waals surface area contributed by atoms with E-state index in [1.54, 1.807) is 0 Å². The first-order chi connectivity index (χ1) is 5.45. The molecule has 0 saturated heterocycles. The van der Waals surface area contributed by atoms with Gasteiger partial charge in [0, 0.05) is 26.2 Å². The molecule has 0 bridgehead atoms. The van der Waals surface area contributed by atoms with Crippen molar-refractivity contribution in [3.05, 3.63) is 55.0 Å². The number of allylic oxidation sites excluding steroid dienone is 8. The van der Waals surface area contributed by atoms with Crippen LogP contribution in [0.1, 0.15) is 0 Å². The summed E-state index contributed by atoms with van der Waals surface area (Å²) in [5.74, 6) is 1.10. The van der Waals surface area contributed by atoms with Gasteiger partial charge in [0.05, 0.1) is 0 Å². The zero-order valence-corrected chi connectivity index (χ0v) is 9.31. The summed E-state index contributed by atoms with van der Waals surface area (Å²) in [5, 5.41) is 0. The van der Waals surface area contributed by atoms with Gasteiger partial charge in [-0.1, -0.05) is 48.6 Å². The normalized spacial score (nSPS) is 20.7. The van der Waals surface area contributed by atoms with Crippen molar-refractivity contribution in [2.24, 2.45) is 11.8 Å². The first-order valence-corrected chi connectivity index (χ1v) is 4.00. The molecule has 0 atom stereocenters. The predicted molar refractivity (Wildman–Crippen MR) is 47.8 cm³/mol. The molecule has 0 aromatic rings. The van der Waals surface area contributed by atoms with Gasteiger partial charge in [0.2, 0.25) is 0 Å². The van der Waals surface area contributed by atoms with E-state index in [-0.39, 0.29) is 26.2 Å². The van der Waals surface area contributed by atoms with Crippen LogP contribution >= 0.6 is 0 Å². The van der Waals surface area contributed by atoms with Gasteiger partial charge in [-0.3, -0.25) is 0 Å². The Kier molecular flexibility index (Phi) is 3.94. The standard InChI is InChI=1S/C11H11.Zr/c1-2-6-10(5-1)9-11-7-3-4-8-11;/h1-11H;. The Morgan fingerprint density at radius 3 is 1.33 bits per heavy atom. The average molecular weight is 234 g/mol. The Morgan fingerprint density at radius 1 is 0.667 bits per heavy atom. The third-order valence-corrected chi connectivity index (χ3v) is 2.00. The Labute approximate surface area is 92.9 Å². The maximum atomic E-state index is 2.33. The van der Waals surface area contributed by atoms with Crippen LogP contribution in [0.3, 0.4) is 0 Å². The maximum absolute atomic E-state index is 2.33. The molecule has 0 aromatic heterocycles. The zero-order valence-electron chi connectivity index (χ0n) is 6.85. The van der Waals surface area contributed by atoms with Crippen molar-refractivity contribution in [1.82, 2.24) is 0 Å². The molecule has 1 heteroatoms. The monoisotopic (exact) mass is 233 g/mol. The van der Waals surface area contributed by atoms with Crippen LogP contribution in [0.25, 0.3) is 0 Å². The van der Waals surface area contributed by atoms with Gasteiger partial charge >= 0.3 is 0 Å². The molecule has 0 spiro atoms. The molecule has 59 valence electrons. The summed E-state index contributed by atoms with van der Waals surface area (Å²) >= 11 is 0. The predicted octanol–water partition coefficient (Wildman–Crippen LogP) is 2.67. The third-order valence-electron chi connectivity index (χ3n) is 2.00. The molecule has 0 fully saturated rings. The summed E-state index contributed by atoms with van der Waals surface area (Å²) in [6.07, 6.45) is 19.6. The van der Waals surface area contributed by atoms with Crippen LogP contribution in [0.2, 0.25) is 0 Å². The van der Waals surface area contributed by atoms with E-state index in [4.69, 9.17) is 0 Å². The molecule has 2 aliphatic rings. The minimum atomic E-state index is 0. The van der Waals surface area contributed by atoms with E-state index in [2.05, 4.69) is 55.0 Å². The van der Waals surface area contributed by atoms with Gasteiger partial charge in [0.1, 0.15) is 0 Å². The SMILES string of the molecule is [CH](C1C=CC=C1)C1C=CC=C1.[Zr]. The summed E-state index contributed by atoms with van der Waals surface area (Å²) in [6.45, 7) is 0. The smallest absolute Gasteiger partial charge is 0 e. The minimum Gasteiger partial charge on any atom is -0.0773 e.